The van der Waals surface area contributed by atoms with Crippen molar-refractivity contribution in [2.24, 2.45) is 0 Å². The van der Waals surface area contributed by atoms with Crippen LogP contribution in [0.15, 0.2) is 36.9 Å². The zero-order valence-corrected chi connectivity index (χ0v) is 15.5. The summed E-state index contributed by atoms with van der Waals surface area (Å²) in [5.41, 5.74) is 1.13. The van der Waals surface area contributed by atoms with Gasteiger partial charge in [0, 0.05) is 51.7 Å². The van der Waals surface area contributed by atoms with Crippen LogP contribution in [0.2, 0.25) is 0 Å². The first kappa shape index (κ1) is 17.7. The molecule has 2 aromatic rings. The average Bonchev–Trinajstić information content (AvgIpc) is 3.19. The summed E-state index contributed by atoms with van der Waals surface area (Å²) in [4.78, 5) is 30.8. The van der Waals surface area contributed by atoms with Crippen molar-refractivity contribution in [3.8, 4) is 0 Å². The Morgan fingerprint density at radius 1 is 1.11 bits per heavy atom. The Labute approximate surface area is 158 Å². The molecule has 0 aliphatic carbocycles. The van der Waals surface area contributed by atoms with Crippen LogP contribution in [0.3, 0.4) is 0 Å². The third-order valence-electron chi connectivity index (χ3n) is 5.12. The highest BCUT2D eigenvalue weighted by Crippen LogP contribution is 2.24. The molecule has 2 fully saturated rings. The molecule has 8 nitrogen and oxygen atoms in total. The van der Waals surface area contributed by atoms with Crippen molar-refractivity contribution in [2.75, 3.05) is 49.6 Å². The number of piperazine rings is 1. The van der Waals surface area contributed by atoms with Crippen molar-refractivity contribution in [3.63, 3.8) is 0 Å². The number of amides is 1. The number of aromatic nitrogens is 3. The minimum absolute atomic E-state index is 0.118. The van der Waals surface area contributed by atoms with E-state index in [2.05, 4.69) is 19.9 Å². The predicted octanol–water partition coefficient (Wildman–Crippen LogP) is 0.945. The molecular formula is C19H24N6O2. The van der Waals surface area contributed by atoms with Gasteiger partial charge in [-0.3, -0.25) is 9.78 Å². The second-order valence-corrected chi connectivity index (χ2v) is 6.99. The summed E-state index contributed by atoms with van der Waals surface area (Å²) < 4.78 is 6.04. The van der Waals surface area contributed by atoms with Crippen molar-refractivity contribution in [1.82, 2.24) is 19.9 Å². The van der Waals surface area contributed by atoms with Crippen molar-refractivity contribution >= 4 is 17.5 Å². The molecular weight excluding hydrogens is 344 g/mol. The number of rotatable bonds is 5. The molecule has 4 rings (SSSR count). The number of hydrogen-bond donors (Lipinski definition) is 0. The van der Waals surface area contributed by atoms with Gasteiger partial charge in [-0.25, -0.2) is 9.97 Å². The van der Waals surface area contributed by atoms with Crippen LogP contribution in [0.5, 0.6) is 0 Å². The lowest BCUT2D eigenvalue weighted by atomic mass is 10.3. The second-order valence-electron chi connectivity index (χ2n) is 6.99. The van der Waals surface area contributed by atoms with Gasteiger partial charge in [0.25, 0.3) is 0 Å². The Balaban J connectivity index is 1.36. The molecule has 0 spiro atoms. The Bertz CT molecular complexity index is 787. The topological polar surface area (TPSA) is 74.7 Å². The summed E-state index contributed by atoms with van der Waals surface area (Å²) >= 11 is 0. The van der Waals surface area contributed by atoms with Crippen molar-refractivity contribution in [1.29, 1.82) is 0 Å². The number of hydrogen-bond acceptors (Lipinski definition) is 7. The Morgan fingerprint density at radius 3 is 2.67 bits per heavy atom. The van der Waals surface area contributed by atoms with Gasteiger partial charge in [-0.15, -0.1) is 0 Å². The highest BCUT2D eigenvalue weighted by atomic mass is 16.5. The van der Waals surface area contributed by atoms with Gasteiger partial charge in [0.1, 0.15) is 18.0 Å². The van der Waals surface area contributed by atoms with Gasteiger partial charge >= 0.3 is 0 Å². The molecule has 2 aliphatic heterocycles. The van der Waals surface area contributed by atoms with Crippen LogP contribution in [-0.2, 0) is 16.1 Å². The molecule has 0 unspecified atom stereocenters. The normalized spacial score (nSPS) is 20.4. The van der Waals surface area contributed by atoms with E-state index in [4.69, 9.17) is 4.74 Å². The largest absolute Gasteiger partial charge is 0.372 e. The SMILES string of the molecule is CN1CCN(c2cc(N3CC[C@H](OCc4ccncc4)C3)ncn2)CC1=O. The van der Waals surface area contributed by atoms with E-state index in [1.807, 2.05) is 30.1 Å². The third kappa shape index (κ3) is 4.16. The van der Waals surface area contributed by atoms with Crippen molar-refractivity contribution in [3.05, 3.63) is 42.5 Å². The van der Waals surface area contributed by atoms with Crippen LogP contribution in [-0.4, -0.2) is 71.6 Å². The molecule has 0 aromatic carbocycles. The van der Waals surface area contributed by atoms with Gasteiger partial charge in [-0.1, -0.05) is 0 Å². The van der Waals surface area contributed by atoms with Crippen LogP contribution in [0.4, 0.5) is 11.6 Å². The highest BCUT2D eigenvalue weighted by Gasteiger charge is 2.26. The standard InChI is InChI=1S/C19H24N6O2/c1-23-8-9-25(12-19(23)26)18-10-17(21-14-22-18)24-7-4-16(11-24)27-13-15-2-5-20-6-3-15/h2-3,5-6,10,14,16H,4,7-9,11-13H2,1H3/t16-/m0/s1. The minimum Gasteiger partial charge on any atom is -0.372 e. The molecule has 0 bridgehead atoms. The maximum atomic E-state index is 12.0. The maximum absolute atomic E-state index is 12.0. The zero-order valence-electron chi connectivity index (χ0n) is 15.5. The summed E-state index contributed by atoms with van der Waals surface area (Å²) in [5.74, 6) is 1.82. The lowest BCUT2D eigenvalue weighted by molar-refractivity contribution is -0.129. The van der Waals surface area contributed by atoms with Gasteiger partial charge in [-0.2, -0.15) is 0 Å². The lowest BCUT2D eigenvalue weighted by Gasteiger charge is -2.33. The average molecular weight is 368 g/mol. The summed E-state index contributed by atoms with van der Waals surface area (Å²) in [5, 5.41) is 0. The highest BCUT2D eigenvalue weighted by molar-refractivity contribution is 5.82. The number of carbonyl (C=O) groups excluding carboxylic acids is 1. The Morgan fingerprint density at radius 2 is 1.89 bits per heavy atom. The Kier molecular flexibility index (Phi) is 5.15. The molecule has 0 N–H and O–H groups in total. The second kappa shape index (κ2) is 7.87. The van der Waals surface area contributed by atoms with Crippen LogP contribution < -0.4 is 9.80 Å². The number of anilines is 2. The van der Waals surface area contributed by atoms with Gasteiger partial charge in [0.15, 0.2) is 0 Å². The zero-order chi connectivity index (χ0) is 18.6. The maximum Gasteiger partial charge on any atom is 0.241 e. The van der Waals surface area contributed by atoms with E-state index in [0.29, 0.717) is 19.7 Å². The molecule has 2 aromatic heterocycles. The molecule has 8 heteroatoms. The summed E-state index contributed by atoms with van der Waals surface area (Å²) in [6.07, 6.45) is 6.30. The summed E-state index contributed by atoms with van der Waals surface area (Å²) in [6.45, 7) is 4.18. The molecule has 0 saturated carbocycles. The van der Waals surface area contributed by atoms with Crippen LogP contribution in [0, 0.1) is 0 Å². The van der Waals surface area contributed by atoms with Gasteiger partial charge in [0.2, 0.25) is 5.91 Å². The summed E-state index contributed by atoms with van der Waals surface area (Å²) in [6, 6.07) is 5.92. The van der Waals surface area contributed by atoms with E-state index in [0.717, 1.165) is 43.3 Å². The molecule has 2 aliphatic rings. The monoisotopic (exact) mass is 368 g/mol. The van der Waals surface area contributed by atoms with Crippen LogP contribution >= 0.6 is 0 Å². The fourth-order valence-electron chi connectivity index (χ4n) is 3.40. The number of ether oxygens (including phenoxy) is 1. The summed E-state index contributed by atoms with van der Waals surface area (Å²) in [7, 11) is 1.83. The lowest BCUT2D eigenvalue weighted by Crippen LogP contribution is -2.48. The number of nitrogens with zero attached hydrogens (tertiary/aromatic N) is 6. The first-order chi connectivity index (χ1) is 13.2. The first-order valence-electron chi connectivity index (χ1n) is 9.25. The first-order valence-corrected chi connectivity index (χ1v) is 9.25. The van der Waals surface area contributed by atoms with Crippen molar-refractivity contribution < 1.29 is 9.53 Å². The van der Waals surface area contributed by atoms with E-state index in [-0.39, 0.29) is 12.0 Å². The molecule has 27 heavy (non-hydrogen) atoms. The van der Waals surface area contributed by atoms with E-state index >= 15 is 0 Å². The van der Waals surface area contributed by atoms with E-state index < -0.39 is 0 Å². The fraction of sp³-hybridized carbons (Fsp3) is 0.474. The molecule has 1 atom stereocenters. The molecule has 4 heterocycles. The smallest absolute Gasteiger partial charge is 0.241 e. The quantitative estimate of drug-likeness (QED) is 0.778. The van der Waals surface area contributed by atoms with E-state index in [1.165, 1.54) is 0 Å². The van der Waals surface area contributed by atoms with E-state index in [9.17, 15) is 4.79 Å². The number of likely N-dealkylation sites (N-methyl/N-ethyl adjacent to an activating group) is 1. The fourth-order valence-corrected chi connectivity index (χ4v) is 3.40. The van der Waals surface area contributed by atoms with Gasteiger partial charge in [-0.05, 0) is 24.1 Å². The van der Waals surface area contributed by atoms with Gasteiger partial charge in [0.05, 0.1) is 19.3 Å². The van der Waals surface area contributed by atoms with Gasteiger partial charge < -0.3 is 19.4 Å². The number of carbonyl (C=O) groups is 1. The number of pyridine rings is 1. The molecule has 2 saturated heterocycles. The predicted molar refractivity (Wildman–Crippen MR) is 102 cm³/mol. The van der Waals surface area contributed by atoms with E-state index in [1.54, 1.807) is 23.6 Å². The third-order valence-corrected chi connectivity index (χ3v) is 5.12. The Hall–Kier alpha value is -2.74. The molecule has 1 amide bonds. The molecule has 142 valence electrons. The van der Waals surface area contributed by atoms with Crippen molar-refractivity contribution in [2.45, 2.75) is 19.1 Å². The van der Waals surface area contributed by atoms with Crippen LogP contribution in [0.1, 0.15) is 12.0 Å². The van der Waals surface area contributed by atoms with Crippen LogP contribution in [0.25, 0.3) is 0 Å². The minimum atomic E-state index is 0.118. The molecule has 0 radical (unpaired) electrons.